The Morgan fingerprint density at radius 2 is 1.51 bits per heavy atom. The summed E-state index contributed by atoms with van der Waals surface area (Å²) in [5.74, 6) is -4.42. The molecule has 0 radical (unpaired) electrons. The van der Waals surface area contributed by atoms with E-state index in [0.717, 1.165) is 20.8 Å². The van der Waals surface area contributed by atoms with Gasteiger partial charge >= 0.3 is 29.8 Å². The summed E-state index contributed by atoms with van der Waals surface area (Å²) >= 11 is 0. The number of aryl methyl sites for hydroxylation is 1. The zero-order valence-electron chi connectivity index (χ0n) is 20.8. The summed E-state index contributed by atoms with van der Waals surface area (Å²) in [6.07, 6.45) is -8.09. The smallest absolute Gasteiger partial charge is 0.354 e. The van der Waals surface area contributed by atoms with E-state index >= 15 is 0 Å². The molecule has 1 aliphatic rings. The normalized spacial score (nSPS) is 23.1. The van der Waals surface area contributed by atoms with Crippen molar-refractivity contribution in [3.63, 3.8) is 0 Å². The molecule has 3 rings (SSSR count). The number of fused-ring (bicyclic) bond motifs is 1. The number of hydrogen-bond donors (Lipinski definition) is 1. The van der Waals surface area contributed by atoms with Crippen molar-refractivity contribution >= 4 is 40.7 Å². The van der Waals surface area contributed by atoms with E-state index in [-0.39, 0.29) is 12.4 Å². The van der Waals surface area contributed by atoms with Crippen LogP contribution in [0.3, 0.4) is 0 Å². The Balaban J connectivity index is 2.01. The van der Waals surface area contributed by atoms with Crippen molar-refractivity contribution in [2.24, 2.45) is 7.05 Å². The van der Waals surface area contributed by atoms with Crippen LogP contribution in [0.15, 0.2) is 24.3 Å². The number of carbonyl (C=O) groups is 5. The summed E-state index contributed by atoms with van der Waals surface area (Å²) in [4.78, 5) is 59.6. The molecule has 1 aromatic carbocycles. The molecule has 0 bridgehead atoms. The number of rotatable bonds is 8. The van der Waals surface area contributed by atoms with Crippen molar-refractivity contribution in [2.45, 2.75) is 58.4 Å². The molecule has 13 nitrogen and oxygen atoms in total. The van der Waals surface area contributed by atoms with Gasteiger partial charge in [0, 0.05) is 39.3 Å². The van der Waals surface area contributed by atoms with Crippen LogP contribution in [0.25, 0.3) is 10.9 Å². The van der Waals surface area contributed by atoms with Crippen LogP contribution in [0.4, 0.5) is 0 Å². The Morgan fingerprint density at radius 3 is 2.08 bits per heavy atom. The standard InChI is InChI=1S/C24H27NO12/c1-6-32-23(31)17-9-14-7-8-15(10-16(14)25(17)5)36-24-21(35-13(4)28)19(34-12(3)27)18(33-11(2)26)20(37-24)22(29)30/h7-10,18-21,24H,6H2,1-5H3,(H,29,30)/t18-,19-,20-,21+,24?/m0/s1. The molecule has 1 aliphatic heterocycles. The quantitative estimate of drug-likeness (QED) is 0.392. The van der Waals surface area contributed by atoms with Gasteiger partial charge in [-0.3, -0.25) is 14.4 Å². The highest BCUT2D eigenvalue weighted by molar-refractivity contribution is 5.96. The number of hydrogen-bond acceptors (Lipinski definition) is 11. The second kappa shape index (κ2) is 11.3. The van der Waals surface area contributed by atoms with Gasteiger partial charge in [0.15, 0.2) is 18.3 Å². The minimum absolute atomic E-state index is 0.155. The molecule has 2 aromatic rings. The Hall–Kier alpha value is -4.13. The van der Waals surface area contributed by atoms with E-state index in [2.05, 4.69) is 0 Å². The van der Waals surface area contributed by atoms with Gasteiger partial charge in [0.1, 0.15) is 11.4 Å². The molecule has 1 aromatic heterocycles. The Kier molecular flexibility index (Phi) is 8.38. The summed E-state index contributed by atoms with van der Waals surface area (Å²) in [6.45, 7) is 5.07. The minimum atomic E-state index is -1.82. The van der Waals surface area contributed by atoms with Crippen LogP contribution < -0.4 is 4.74 Å². The SMILES string of the molecule is CCOC(=O)c1cc2ccc(OC3O[C@H](C(=O)O)[C@@H](OC(C)=O)[C@H](OC(C)=O)[C@H]3OC(C)=O)cc2n1C. The minimum Gasteiger partial charge on any atom is -0.479 e. The average Bonchev–Trinajstić information content (AvgIpc) is 3.12. The van der Waals surface area contributed by atoms with Crippen LogP contribution in [0.5, 0.6) is 5.75 Å². The summed E-state index contributed by atoms with van der Waals surface area (Å²) in [6, 6.07) is 6.37. The lowest BCUT2D eigenvalue weighted by Crippen LogP contribution is -2.64. The number of aromatic nitrogens is 1. The van der Waals surface area contributed by atoms with Crippen molar-refractivity contribution in [1.29, 1.82) is 0 Å². The highest BCUT2D eigenvalue weighted by Gasteiger charge is 2.55. The van der Waals surface area contributed by atoms with Gasteiger partial charge in [0.05, 0.1) is 12.1 Å². The molecule has 1 fully saturated rings. The van der Waals surface area contributed by atoms with E-state index in [1.165, 1.54) is 6.07 Å². The number of ether oxygens (including phenoxy) is 6. The number of carboxylic acids is 1. The molecular formula is C24H27NO12. The summed E-state index contributed by atoms with van der Waals surface area (Å²) in [5, 5.41) is 10.4. The van der Waals surface area contributed by atoms with E-state index in [9.17, 15) is 29.1 Å². The van der Waals surface area contributed by atoms with Crippen LogP contribution in [0.1, 0.15) is 38.2 Å². The molecule has 37 heavy (non-hydrogen) atoms. The fourth-order valence-corrected chi connectivity index (χ4v) is 3.99. The van der Waals surface area contributed by atoms with Gasteiger partial charge in [-0.25, -0.2) is 9.59 Å². The van der Waals surface area contributed by atoms with Crippen LogP contribution in [-0.4, -0.2) is 76.8 Å². The summed E-state index contributed by atoms with van der Waals surface area (Å²) in [7, 11) is 1.65. The number of carbonyl (C=O) groups excluding carboxylic acids is 4. The molecule has 5 atom stereocenters. The maximum atomic E-state index is 12.2. The second-order valence-electron chi connectivity index (χ2n) is 8.13. The fourth-order valence-electron chi connectivity index (χ4n) is 3.99. The van der Waals surface area contributed by atoms with Gasteiger partial charge in [0.25, 0.3) is 0 Å². The highest BCUT2D eigenvalue weighted by Crippen LogP contribution is 2.32. The number of aliphatic carboxylic acids is 1. The van der Waals surface area contributed by atoms with Crippen molar-refractivity contribution in [1.82, 2.24) is 4.57 Å². The third-order valence-corrected chi connectivity index (χ3v) is 5.40. The maximum absolute atomic E-state index is 12.2. The molecule has 1 N–H and O–H groups in total. The Labute approximate surface area is 211 Å². The van der Waals surface area contributed by atoms with Gasteiger partial charge in [-0.05, 0) is 25.1 Å². The topological polar surface area (TPSA) is 166 Å². The first-order chi connectivity index (χ1) is 17.4. The van der Waals surface area contributed by atoms with Gasteiger partial charge in [-0.1, -0.05) is 0 Å². The number of benzene rings is 1. The van der Waals surface area contributed by atoms with Crippen LogP contribution in [-0.2, 0) is 49.9 Å². The predicted molar refractivity (Wildman–Crippen MR) is 122 cm³/mol. The third kappa shape index (κ3) is 6.17. The monoisotopic (exact) mass is 521 g/mol. The first kappa shape index (κ1) is 27.5. The lowest BCUT2D eigenvalue weighted by Gasteiger charge is -2.42. The molecule has 0 spiro atoms. The molecule has 2 heterocycles. The molecule has 200 valence electrons. The van der Waals surface area contributed by atoms with Crippen LogP contribution >= 0.6 is 0 Å². The summed E-state index contributed by atoms with van der Waals surface area (Å²) in [5.41, 5.74) is 0.871. The van der Waals surface area contributed by atoms with Crippen molar-refractivity contribution in [2.75, 3.05) is 6.61 Å². The maximum Gasteiger partial charge on any atom is 0.354 e. The van der Waals surface area contributed by atoms with Gasteiger partial charge in [-0.15, -0.1) is 0 Å². The van der Waals surface area contributed by atoms with E-state index < -0.39 is 60.6 Å². The fraction of sp³-hybridized carbons (Fsp3) is 0.458. The zero-order valence-corrected chi connectivity index (χ0v) is 20.8. The van der Waals surface area contributed by atoms with Gasteiger partial charge in [0.2, 0.25) is 12.4 Å². The lowest BCUT2D eigenvalue weighted by molar-refractivity contribution is -0.281. The van der Waals surface area contributed by atoms with Crippen molar-refractivity contribution in [3.8, 4) is 5.75 Å². The number of nitrogens with zero attached hydrogens (tertiary/aromatic N) is 1. The first-order valence-electron chi connectivity index (χ1n) is 11.3. The van der Waals surface area contributed by atoms with Crippen LogP contribution in [0.2, 0.25) is 0 Å². The molecule has 1 saturated heterocycles. The van der Waals surface area contributed by atoms with Gasteiger partial charge in [-0.2, -0.15) is 0 Å². The third-order valence-electron chi connectivity index (χ3n) is 5.40. The summed E-state index contributed by atoms with van der Waals surface area (Å²) < 4.78 is 33.7. The molecule has 13 heteroatoms. The highest BCUT2D eigenvalue weighted by atomic mass is 16.7. The van der Waals surface area contributed by atoms with E-state index in [1.54, 1.807) is 36.7 Å². The lowest BCUT2D eigenvalue weighted by atomic mass is 9.97. The molecule has 0 aliphatic carbocycles. The van der Waals surface area contributed by atoms with E-state index in [0.29, 0.717) is 16.6 Å². The van der Waals surface area contributed by atoms with Crippen molar-refractivity contribution < 1.29 is 57.5 Å². The van der Waals surface area contributed by atoms with E-state index in [4.69, 9.17) is 28.4 Å². The molecular weight excluding hydrogens is 494 g/mol. The Morgan fingerprint density at radius 1 is 0.919 bits per heavy atom. The predicted octanol–water partition coefficient (Wildman–Crippen LogP) is 1.34. The Bertz CT molecular complexity index is 1220. The number of carboxylic acid groups (broad SMARTS) is 1. The van der Waals surface area contributed by atoms with Crippen molar-refractivity contribution in [3.05, 3.63) is 30.0 Å². The first-order valence-corrected chi connectivity index (χ1v) is 11.3. The number of esters is 4. The molecule has 0 amide bonds. The van der Waals surface area contributed by atoms with E-state index in [1.807, 2.05) is 0 Å². The van der Waals surface area contributed by atoms with Gasteiger partial charge < -0.3 is 38.1 Å². The largest absolute Gasteiger partial charge is 0.479 e. The van der Waals surface area contributed by atoms with Crippen LogP contribution in [0, 0.1) is 0 Å². The second-order valence-corrected chi connectivity index (χ2v) is 8.13. The average molecular weight is 521 g/mol. The molecule has 1 unspecified atom stereocenters. The molecule has 0 saturated carbocycles. The zero-order chi connectivity index (χ0) is 27.4.